The molecule has 1 unspecified atom stereocenters. The van der Waals surface area contributed by atoms with E-state index in [2.05, 4.69) is 5.32 Å². The van der Waals surface area contributed by atoms with Gasteiger partial charge in [-0.15, -0.1) is 0 Å². The second-order valence-corrected chi connectivity index (χ2v) is 5.44. The van der Waals surface area contributed by atoms with Crippen molar-refractivity contribution in [3.8, 4) is 0 Å². The van der Waals surface area contributed by atoms with E-state index in [0.717, 1.165) is 18.4 Å². The molecule has 0 aliphatic carbocycles. The average Bonchev–Trinajstić information content (AvgIpc) is 2.71. The second-order valence-electron chi connectivity index (χ2n) is 5.44. The van der Waals surface area contributed by atoms with Gasteiger partial charge in [0, 0.05) is 13.0 Å². The topological polar surface area (TPSA) is 86.7 Å². The lowest BCUT2D eigenvalue weighted by Crippen LogP contribution is -2.48. The lowest BCUT2D eigenvalue weighted by atomic mass is 10.1. The van der Waals surface area contributed by atoms with Gasteiger partial charge in [-0.25, -0.2) is 0 Å². The first-order valence-corrected chi connectivity index (χ1v) is 7.40. The Labute approximate surface area is 129 Å². The fraction of sp³-hybridized carbons (Fsp3) is 0.438. The highest BCUT2D eigenvalue weighted by atomic mass is 16.4. The molecule has 1 aliphatic heterocycles. The SMILES string of the molecule is O=C(O)CN(Cc1ccccc1)C(=O)C1CCCCC(=O)N1. The first kappa shape index (κ1) is 16.0. The standard InChI is InChI=1S/C16H20N2O4/c19-14-9-5-4-8-13(17-14)16(22)18(11-15(20)21)10-12-6-2-1-3-7-12/h1-3,6-7,13H,4-5,8-11H2,(H,17,19)(H,20,21). The predicted octanol–water partition coefficient (Wildman–Crippen LogP) is 1.16. The van der Waals surface area contributed by atoms with E-state index in [4.69, 9.17) is 5.11 Å². The molecule has 1 heterocycles. The van der Waals surface area contributed by atoms with Crippen LogP contribution < -0.4 is 5.32 Å². The van der Waals surface area contributed by atoms with Crippen molar-refractivity contribution in [3.63, 3.8) is 0 Å². The lowest BCUT2D eigenvalue weighted by Gasteiger charge is -2.26. The molecule has 0 aromatic heterocycles. The van der Waals surface area contributed by atoms with E-state index >= 15 is 0 Å². The summed E-state index contributed by atoms with van der Waals surface area (Å²) in [5.74, 6) is -1.54. The molecule has 1 atom stereocenters. The van der Waals surface area contributed by atoms with Crippen LogP contribution >= 0.6 is 0 Å². The first-order valence-electron chi connectivity index (χ1n) is 7.40. The highest BCUT2D eigenvalue weighted by Gasteiger charge is 2.28. The Morgan fingerprint density at radius 3 is 2.64 bits per heavy atom. The number of amides is 2. The van der Waals surface area contributed by atoms with Gasteiger partial charge in [0.05, 0.1) is 0 Å². The molecule has 1 aromatic carbocycles. The molecule has 2 amide bonds. The number of nitrogens with one attached hydrogen (secondary N) is 1. The number of benzene rings is 1. The van der Waals surface area contributed by atoms with Crippen molar-refractivity contribution in [2.75, 3.05) is 6.54 Å². The molecule has 1 aliphatic rings. The van der Waals surface area contributed by atoms with Gasteiger partial charge in [0.1, 0.15) is 12.6 Å². The van der Waals surface area contributed by atoms with Gasteiger partial charge in [0.2, 0.25) is 11.8 Å². The number of rotatable bonds is 5. The Balaban J connectivity index is 2.11. The van der Waals surface area contributed by atoms with Gasteiger partial charge < -0.3 is 15.3 Å². The Morgan fingerprint density at radius 1 is 1.23 bits per heavy atom. The van der Waals surface area contributed by atoms with Gasteiger partial charge in [-0.1, -0.05) is 36.8 Å². The van der Waals surface area contributed by atoms with E-state index < -0.39 is 12.0 Å². The maximum atomic E-state index is 12.6. The third-order valence-electron chi connectivity index (χ3n) is 3.63. The zero-order chi connectivity index (χ0) is 15.9. The molecule has 0 spiro atoms. The van der Waals surface area contributed by atoms with Crippen LogP contribution in [0.3, 0.4) is 0 Å². The van der Waals surface area contributed by atoms with Crippen LogP contribution in [0.25, 0.3) is 0 Å². The number of carbonyl (C=O) groups excluding carboxylic acids is 2. The summed E-state index contributed by atoms with van der Waals surface area (Å²) in [5, 5.41) is 11.7. The third kappa shape index (κ3) is 4.58. The molecule has 118 valence electrons. The van der Waals surface area contributed by atoms with Gasteiger partial charge in [0.25, 0.3) is 0 Å². The van der Waals surface area contributed by atoms with Gasteiger partial charge in [-0.3, -0.25) is 14.4 Å². The molecular formula is C16H20N2O4. The molecule has 6 nitrogen and oxygen atoms in total. The van der Waals surface area contributed by atoms with Crippen molar-refractivity contribution in [2.24, 2.45) is 0 Å². The summed E-state index contributed by atoms with van der Waals surface area (Å²) < 4.78 is 0. The molecule has 1 aromatic rings. The molecule has 0 radical (unpaired) electrons. The van der Waals surface area contributed by atoms with Crippen molar-refractivity contribution in [2.45, 2.75) is 38.3 Å². The molecule has 1 saturated heterocycles. The lowest BCUT2D eigenvalue weighted by molar-refractivity contribution is -0.146. The minimum absolute atomic E-state index is 0.147. The van der Waals surface area contributed by atoms with Gasteiger partial charge >= 0.3 is 5.97 Å². The van der Waals surface area contributed by atoms with E-state index in [1.54, 1.807) is 0 Å². The van der Waals surface area contributed by atoms with E-state index in [-0.39, 0.29) is 24.9 Å². The van der Waals surface area contributed by atoms with Crippen molar-refractivity contribution < 1.29 is 19.5 Å². The van der Waals surface area contributed by atoms with Gasteiger partial charge in [-0.2, -0.15) is 0 Å². The van der Waals surface area contributed by atoms with E-state index in [9.17, 15) is 14.4 Å². The quantitative estimate of drug-likeness (QED) is 0.854. The largest absolute Gasteiger partial charge is 0.480 e. The summed E-state index contributed by atoms with van der Waals surface area (Å²) in [5.41, 5.74) is 0.858. The number of hydrogen-bond acceptors (Lipinski definition) is 3. The van der Waals surface area contributed by atoms with Crippen LogP contribution in [0.4, 0.5) is 0 Å². The first-order chi connectivity index (χ1) is 10.6. The van der Waals surface area contributed by atoms with Gasteiger partial charge in [0.15, 0.2) is 0 Å². The summed E-state index contributed by atoms with van der Waals surface area (Å²) in [6.07, 6.45) is 2.51. The molecular weight excluding hydrogens is 284 g/mol. The van der Waals surface area contributed by atoms with Crippen molar-refractivity contribution in [1.82, 2.24) is 10.2 Å². The number of hydrogen-bond donors (Lipinski definition) is 2. The van der Waals surface area contributed by atoms with E-state index in [0.29, 0.717) is 12.8 Å². The molecule has 6 heteroatoms. The highest BCUT2D eigenvalue weighted by molar-refractivity contribution is 5.89. The highest BCUT2D eigenvalue weighted by Crippen LogP contribution is 2.13. The summed E-state index contributed by atoms with van der Waals surface area (Å²) in [6, 6.07) is 8.59. The number of carboxylic acid groups (broad SMARTS) is 1. The smallest absolute Gasteiger partial charge is 0.323 e. The maximum absolute atomic E-state index is 12.6. The van der Waals surface area contributed by atoms with Crippen LogP contribution in [0.15, 0.2) is 30.3 Å². The molecule has 2 rings (SSSR count). The Morgan fingerprint density at radius 2 is 1.95 bits per heavy atom. The molecule has 0 bridgehead atoms. The number of nitrogens with zero attached hydrogens (tertiary/aromatic N) is 1. The maximum Gasteiger partial charge on any atom is 0.323 e. The van der Waals surface area contributed by atoms with Gasteiger partial charge in [-0.05, 0) is 18.4 Å². The van der Waals surface area contributed by atoms with Crippen LogP contribution in [0, 0.1) is 0 Å². The third-order valence-corrected chi connectivity index (χ3v) is 3.63. The number of aliphatic carboxylic acids is 1. The Bertz CT molecular complexity index is 544. The fourth-order valence-electron chi connectivity index (χ4n) is 2.56. The van der Waals surface area contributed by atoms with Crippen LogP contribution in [0.5, 0.6) is 0 Å². The molecule has 0 saturated carbocycles. The van der Waals surface area contributed by atoms with Crippen molar-refractivity contribution in [3.05, 3.63) is 35.9 Å². The zero-order valence-electron chi connectivity index (χ0n) is 12.3. The number of carbonyl (C=O) groups is 3. The fourth-order valence-corrected chi connectivity index (χ4v) is 2.56. The summed E-state index contributed by atoms with van der Waals surface area (Å²) in [4.78, 5) is 36.5. The average molecular weight is 304 g/mol. The number of carboxylic acids is 1. The molecule has 22 heavy (non-hydrogen) atoms. The Kier molecular flexibility index (Phi) is 5.52. The van der Waals surface area contributed by atoms with E-state index in [1.807, 2.05) is 30.3 Å². The summed E-state index contributed by atoms with van der Waals surface area (Å²) >= 11 is 0. The van der Waals surface area contributed by atoms with Crippen LogP contribution in [0.1, 0.15) is 31.2 Å². The van der Waals surface area contributed by atoms with Crippen LogP contribution in [-0.4, -0.2) is 40.4 Å². The Hall–Kier alpha value is -2.37. The van der Waals surface area contributed by atoms with Crippen molar-refractivity contribution in [1.29, 1.82) is 0 Å². The van der Waals surface area contributed by atoms with Crippen LogP contribution in [0.2, 0.25) is 0 Å². The summed E-state index contributed by atoms with van der Waals surface area (Å²) in [6.45, 7) is -0.154. The minimum atomic E-state index is -1.07. The normalized spacial score (nSPS) is 18.2. The summed E-state index contributed by atoms with van der Waals surface area (Å²) in [7, 11) is 0. The predicted molar refractivity (Wildman–Crippen MR) is 79.9 cm³/mol. The zero-order valence-corrected chi connectivity index (χ0v) is 12.3. The molecule has 1 fully saturated rings. The molecule has 2 N–H and O–H groups in total. The van der Waals surface area contributed by atoms with Crippen molar-refractivity contribution >= 4 is 17.8 Å². The minimum Gasteiger partial charge on any atom is -0.480 e. The van der Waals surface area contributed by atoms with Crippen LogP contribution in [-0.2, 0) is 20.9 Å². The van der Waals surface area contributed by atoms with E-state index in [1.165, 1.54) is 4.90 Å². The monoisotopic (exact) mass is 304 g/mol. The second kappa shape index (κ2) is 7.59.